The van der Waals surface area contributed by atoms with Crippen molar-refractivity contribution in [3.8, 4) is 0 Å². The average molecular weight is 498 g/mol. The number of amides is 1. The fraction of sp³-hybridized carbons (Fsp3) is 0.591. The largest absolute Gasteiger partial charge is 0.452 e. The van der Waals surface area contributed by atoms with Gasteiger partial charge in [-0.25, -0.2) is 9.59 Å². The van der Waals surface area contributed by atoms with Gasteiger partial charge in [0.25, 0.3) is 0 Å². The van der Waals surface area contributed by atoms with Crippen LogP contribution in [0.1, 0.15) is 50.4 Å². The maximum absolute atomic E-state index is 13.1. The van der Waals surface area contributed by atoms with Crippen molar-refractivity contribution in [2.45, 2.75) is 64.1 Å². The molecule has 31 heavy (non-hydrogen) atoms. The zero-order chi connectivity index (χ0) is 22.6. The Bertz CT molecular complexity index is 799. The second-order valence-corrected chi connectivity index (χ2v) is 9.45. The summed E-state index contributed by atoms with van der Waals surface area (Å²) in [5, 5.41) is 0. The van der Waals surface area contributed by atoms with E-state index < -0.39 is 36.1 Å². The second kappa shape index (κ2) is 10.1. The molecule has 0 spiro atoms. The molecular formula is C22H28BrNO7. The molecule has 2 aliphatic rings. The first kappa shape index (κ1) is 23.7. The highest BCUT2D eigenvalue weighted by molar-refractivity contribution is 9.10. The van der Waals surface area contributed by atoms with Gasteiger partial charge in [0.05, 0.1) is 13.2 Å². The summed E-state index contributed by atoms with van der Waals surface area (Å²) >= 11 is 3.34. The fourth-order valence-electron chi connectivity index (χ4n) is 3.50. The topological polar surface area (TPSA) is 91.4 Å². The number of halogens is 1. The number of likely N-dealkylation sites (tertiary alicyclic amines) is 1. The van der Waals surface area contributed by atoms with Crippen LogP contribution in [-0.4, -0.2) is 66.5 Å². The van der Waals surface area contributed by atoms with E-state index in [1.807, 2.05) is 0 Å². The van der Waals surface area contributed by atoms with Crippen molar-refractivity contribution in [1.29, 1.82) is 0 Å². The van der Waals surface area contributed by atoms with Gasteiger partial charge in [-0.2, -0.15) is 0 Å². The summed E-state index contributed by atoms with van der Waals surface area (Å²) in [7, 11) is 0. The number of Topliss-reactive ketones (excluding diaryl/α,β-unsaturated/α-hetero) is 1. The molecule has 2 saturated heterocycles. The minimum atomic E-state index is -1.09. The average Bonchev–Trinajstić information content (AvgIpc) is 3.38. The molecule has 170 valence electrons. The lowest BCUT2D eigenvalue weighted by atomic mass is 10.0. The highest BCUT2D eigenvalue weighted by Gasteiger charge is 2.40. The zero-order valence-corrected chi connectivity index (χ0v) is 19.6. The monoisotopic (exact) mass is 497 g/mol. The van der Waals surface area contributed by atoms with Gasteiger partial charge in [0.15, 0.2) is 12.4 Å². The van der Waals surface area contributed by atoms with Crippen molar-refractivity contribution in [2.75, 3.05) is 19.8 Å². The van der Waals surface area contributed by atoms with Crippen molar-refractivity contribution in [3.05, 3.63) is 34.3 Å². The molecule has 1 aromatic rings. The third-order valence-electron chi connectivity index (χ3n) is 4.93. The van der Waals surface area contributed by atoms with Gasteiger partial charge >= 0.3 is 12.1 Å². The number of esters is 1. The molecule has 0 aromatic heterocycles. The van der Waals surface area contributed by atoms with Crippen LogP contribution in [0.25, 0.3) is 0 Å². The summed E-state index contributed by atoms with van der Waals surface area (Å²) in [6.07, 6.45) is -1.09. The van der Waals surface area contributed by atoms with Crippen LogP contribution in [0.5, 0.6) is 0 Å². The first-order valence-corrected chi connectivity index (χ1v) is 11.2. The second-order valence-electron chi connectivity index (χ2n) is 8.54. The van der Waals surface area contributed by atoms with Crippen LogP contribution in [0.2, 0.25) is 0 Å². The molecule has 8 nitrogen and oxygen atoms in total. The van der Waals surface area contributed by atoms with Crippen molar-refractivity contribution >= 4 is 33.8 Å². The SMILES string of the molecule is CC(C)(C)OC(=O)N1CCC[C@H]1C(=O)OC(CC1OCCO1)C(=O)c1ccc(Br)cc1. The highest BCUT2D eigenvalue weighted by Crippen LogP contribution is 2.24. The number of benzene rings is 1. The minimum absolute atomic E-state index is 0.0831. The lowest BCUT2D eigenvalue weighted by molar-refractivity contribution is -0.156. The molecule has 3 rings (SSSR count). The molecule has 0 radical (unpaired) electrons. The van der Waals surface area contributed by atoms with Crippen LogP contribution in [0.3, 0.4) is 0 Å². The van der Waals surface area contributed by atoms with Crippen LogP contribution in [-0.2, 0) is 23.7 Å². The highest BCUT2D eigenvalue weighted by atomic mass is 79.9. The molecule has 0 bridgehead atoms. The van der Waals surface area contributed by atoms with E-state index in [1.54, 1.807) is 45.0 Å². The zero-order valence-electron chi connectivity index (χ0n) is 18.0. The van der Waals surface area contributed by atoms with E-state index in [2.05, 4.69) is 15.9 Å². The number of ether oxygens (including phenoxy) is 4. The Balaban J connectivity index is 1.73. The first-order chi connectivity index (χ1) is 14.6. The van der Waals surface area contributed by atoms with Crippen LogP contribution in [0.4, 0.5) is 4.79 Å². The van der Waals surface area contributed by atoms with Crippen LogP contribution in [0.15, 0.2) is 28.7 Å². The number of carbonyl (C=O) groups is 3. The smallest absolute Gasteiger partial charge is 0.411 e. The molecule has 0 N–H and O–H groups in total. The Morgan fingerprint density at radius 2 is 1.81 bits per heavy atom. The van der Waals surface area contributed by atoms with Crippen molar-refractivity contribution in [1.82, 2.24) is 4.90 Å². The van der Waals surface area contributed by atoms with Gasteiger partial charge in [0.1, 0.15) is 11.6 Å². The number of ketones is 1. The predicted octanol–water partition coefficient (Wildman–Crippen LogP) is 3.71. The van der Waals surface area contributed by atoms with Gasteiger partial charge in [-0.1, -0.05) is 28.1 Å². The lowest BCUT2D eigenvalue weighted by Crippen LogP contribution is -2.45. The summed E-state index contributed by atoms with van der Waals surface area (Å²) < 4.78 is 22.8. The molecule has 2 heterocycles. The summed E-state index contributed by atoms with van der Waals surface area (Å²) in [5.41, 5.74) is -0.264. The molecule has 2 atom stereocenters. The van der Waals surface area contributed by atoms with E-state index in [4.69, 9.17) is 18.9 Å². The van der Waals surface area contributed by atoms with Crippen LogP contribution < -0.4 is 0 Å². The quantitative estimate of drug-likeness (QED) is 0.436. The van der Waals surface area contributed by atoms with Crippen LogP contribution in [0, 0.1) is 0 Å². The number of carbonyl (C=O) groups excluding carboxylic acids is 3. The van der Waals surface area contributed by atoms with E-state index in [9.17, 15) is 14.4 Å². The van der Waals surface area contributed by atoms with Gasteiger partial charge in [-0.05, 0) is 45.7 Å². The summed E-state index contributed by atoms with van der Waals surface area (Å²) in [6.45, 7) is 6.54. The van der Waals surface area contributed by atoms with Gasteiger partial charge in [0.2, 0.25) is 5.78 Å². The summed E-state index contributed by atoms with van der Waals surface area (Å²) in [5.74, 6) is -0.974. The third-order valence-corrected chi connectivity index (χ3v) is 5.46. The Labute approximate surface area is 190 Å². The number of hydrogen-bond acceptors (Lipinski definition) is 7. The van der Waals surface area contributed by atoms with E-state index in [1.165, 1.54) is 4.90 Å². The summed E-state index contributed by atoms with van der Waals surface area (Å²) in [4.78, 5) is 40.0. The Morgan fingerprint density at radius 1 is 1.16 bits per heavy atom. The van der Waals surface area contributed by atoms with E-state index in [0.717, 1.165) is 4.47 Å². The Hall–Kier alpha value is -1.97. The number of rotatable bonds is 6. The molecule has 0 saturated carbocycles. The molecule has 0 aliphatic carbocycles. The maximum Gasteiger partial charge on any atom is 0.411 e. The van der Waals surface area contributed by atoms with Gasteiger partial charge in [0, 0.05) is 23.0 Å². The normalized spacial score (nSPS) is 20.5. The van der Waals surface area contributed by atoms with Crippen LogP contribution >= 0.6 is 15.9 Å². The molecular weight excluding hydrogens is 470 g/mol. The Kier molecular flexibility index (Phi) is 7.72. The van der Waals surface area contributed by atoms with Gasteiger partial charge in [-0.15, -0.1) is 0 Å². The molecule has 9 heteroatoms. The fourth-order valence-corrected chi connectivity index (χ4v) is 3.76. The maximum atomic E-state index is 13.1. The molecule has 1 aromatic carbocycles. The molecule has 1 unspecified atom stereocenters. The standard InChI is InChI=1S/C22H28BrNO7/c1-22(2,3)31-21(27)24-10-4-5-16(24)20(26)30-17(13-18-28-11-12-29-18)19(25)14-6-8-15(23)9-7-14/h6-9,16-18H,4-5,10-13H2,1-3H3/t16-,17?/m0/s1. The molecule has 2 fully saturated rings. The van der Waals surface area contributed by atoms with E-state index in [-0.39, 0.29) is 12.2 Å². The number of hydrogen-bond donors (Lipinski definition) is 0. The van der Waals surface area contributed by atoms with Crippen molar-refractivity contribution in [2.24, 2.45) is 0 Å². The predicted molar refractivity (Wildman–Crippen MR) is 115 cm³/mol. The first-order valence-electron chi connectivity index (χ1n) is 10.4. The van der Waals surface area contributed by atoms with Gasteiger partial charge < -0.3 is 18.9 Å². The van der Waals surface area contributed by atoms with Gasteiger partial charge in [-0.3, -0.25) is 9.69 Å². The van der Waals surface area contributed by atoms with Crippen molar-refractivity contribution in [3.63, 3.8) is 0 Å². The molecule has 1 amide bonds. The Morgan fingerprint density at radius 3 is 2.42 bits per heavy atom. The summed E-state index contributed by atoms with van der Waals surface area (Å²) in [6, 6.07) is 6.02. The van der Waals surface area contributed by atoms with Crippen molar-refractivity contribution < 1.29 is 33.3 Å². The lowest BCUT2D eigenvalue weighted by Gasteiger charge is -2.28. The molecule has 2 aliphatic heterocycles. The number of nitrogens with zero attached hydrogens (tertiary/aromatic N) is 1. The van der Waals surface area contributed by atoms with E-state index in [0.29, 0.717) is 38.2 Å². The minimum Gasteiger partial charge on any atom is -0.452 e. The third kappa shape index (κ3) is 6.51. The van der Waals surface area contributed by atoms with E-state index >= 15 is 0 Å².